The number of benzene rings is 1. The minimum Gasteiger partial charge on any atom is -0.321 e. The predicted octanol–water partition coefficient (Wildman–Crippen LogP) is 4.80. The summed E-state index contributed by atoms with van der Waals surface area (Å²) in [6.45, 7) is 4.32. The first kappa shape index (κ1) is 13.8. The highest BCUT2D eigenvalue weighted by Crippen LogP contribution is 2.47. The van der Waals surface area contributed by atoms with E-state index in [1.807, 2.05) is 4.57 Å². The molecule has 1 heterocycles. The molecule has 20 heavy (non-hydrogen) atoms. The Bertz CT molecular complexity index is 663. The Morgan fingerprint density at radius 1 is 1.40 bits per heavy atom. The van der Waals surface area contributed by atoms with E-state index in [2.05, 4.69) is 18.8 Å². The van der Waals surface area contributed by atoms with E-state index in [1.54, 1.807) is 0 Å². The van der Waals surface area contributed by atoms with Gasteiger partial charge >= 0.3 is 0 Å². The third kappa shape index (κ3) is 1.93. The first-order valence-corrected chi connectivity index (χ1v) is 7.40. The van der Waals surface area contributed by atoms with Gasteiger partial charge in [0.2, 0.25) is 0 Å². The summed E-state index contributed by atoms with van der Waals surface area (Å²) < 4.78 is 29.6. The fraction of sp³-hybridized carbons (Fsp3) is 0.533. The molecule has 1 aliphatic rings. The fourth-order valence-corrected chi connectivity index (χ4v) is 3.58. The Hall–Kier alpha value is -1.16. The highest BCUT2D eigenvalue weighted by Gasteiger charge is 2.38. The van der Waals surface area contributed by atoms with Gasteiger partial charge in [-0.05, 0) is 30.4 Å². The zero-order valence-corrected chi connectivity index (χ0v) is 12.3. The lowest BCUT2D eigenvalue weighted by molar-refractivity contribution is 0.261. The van der Waals surface area contributed by atoms with Crippen molar-refractivity contribution in [2.45, 2.75) is 45.0 Å². The maximum absolute atomic E-state index is 14.2. The van der Waals surface area contributed by atoms with Crippen LogP contribution in [0.3, 0.4) is 0 Å². The summed E-state index contributed by atoms with van der Waals surface area (Å²) in [6, 6.07) is 2.74. The maximum Gasteiger partial charge on any atom is 0.184 e. The summed E-state index contributed by atoms with van der Waals surface area (Å²) in [4.78, 5) is 4.37. The number of imidazole rings is 1. The molecule has 0 aliphatic heterocycles. The third-order valence-corrected chi connectivity index (χ3v) is 4.69. The predicted molar refractivity (Wildman–Crippen MR) is 75.9 cm³/mol. The zero-order chi connectivity index (χ0) is 14.5. The molecule has 0 bridgehead atoms. The maximum atomic E-state index is 14.2. The minimum absolute atomic E-state index is 0.0349. The number of halogens is 3. The Morgan fingerprint density at radius 3 is 2.75 bits per heavy atom. The lowest BCUT2D eigenvalue weighted by atomic mass is 9.87. The van der Waals surface area contributed by atoms with Gasteiger partial charge in [-0.3, -0.25) is 0 Å². The normalized spacial score (nSPS) is 21.8. The van der Waals surface area contributed by atoms with Gasteiger partial charge in [-0.15, -0.1) is 11.6 Å². The number of alkyl halides is 1. The van der Waals surface area contributed by atoms with E-state index in [0.29, 0.717) is 11.3 Å². The number of fused-ring (bicyclic) bond motifs is 1. The van der Waals surface area contributed by atoms with Crippen molar-refractivity contribution in [3.8, 4) is 0 Å². The number of nitrogens with zero attached hydrogens (tertiary/aromatic N) is 2. The smallest absolute Gasteiger partial charge is 0.184 e. The Labute approximate surface area is 121 Å². The lowest BCUT2D eigenvalue weighted by Crippen LogP contribution is -2.23. The molecule has 1 aliphatic carbocycles. The van der Waals surface area contributed by atoms with Gasteiger partial charge in [0.05, 0.1) is 11.4 Å². The summed E-state index contributed by atoms with van der Waals surface area (Å²) in [7, 11) is 0. The van der Waals surface area contributed by atoms with Crippen molar-refractivity contribution in [3.05, 3.63) is 29.6 Å². The van der Waals surface area contributed by atoms with Crippen LogP contribution in [0.2, 0.25) is 0 Å². The van der Waals surface area contributed by atoms with Crippen molar-refractivity contribution in [2.24, 2.45) is 5.41 Å². The molecule has 2 aromatic rings. The van der Waals surface area contributed by atoms with E-state index < -0.39 is 11.6 Å². The summed E-state index contributed by atoms with van der Waals surface area (Å²) in [5.41, 5.74) is 0.760. The standard InChI is InChI=1S/C15H17ClF2N2/c1-15(2)7-3-4-11(15)20-12(8-16)19-10-6-5-9(17)13(18)14(10)20/h5-6,11H,3-4,7-8H2,1-2H3. The topological polar surface area (TPSA) is 17.8 Å². The van der Waals surface area contributed by atoms with E-state index in [9.17, 15) is 8.78 Å². The molecule has 0 N–H and O–H groups in total. The van der Waals surface area contributed by atoms with Crippen molar-refractivity contribution in [2.75, 3.05) is 0 Å². The SMILES string of the molecule is CC1(C)CCCC1n1c(CCl)nc2ccc(F)c(F)c21. The molecule has 5 heteroatoms. The van der Waals surface area contributed by atoms with Crippen LogP contribution in [0.4, 0.5) is 8.78 Å². The second-order valence-electron chi connectivity index (χ2n) is 6.16. The molecule has 1 unspecified atom stereocenters. The van der Waals surface area contributed by atoms with Gasteiger partial charge in [0, 0.05) is 6.04 Å². The lowest BCUT2D eigenvalue weighted by Gasteiger charge is -2.30. The van der Waals surface area contributed by atoms with Crippen molar-refractivity contribution >= 4 is 22.6 Å². The number of aromatic nitrogens is 2. The van der Waals surface area contributed by atoms with E-state index >= 15 is 0 Å². The van der Waals surface area contributed by atoms with E-state index in [4.69, 9.17) is 11.6 Å². The Kier molecular flexibility index (Phi) is 3.24. The van der Waals surface area contributed by atoms with Crippen LogP contribution < -0.4 is 0 Å². The third-order valence-electron chi connectivity index (χ3n) is 4.45. The Balaban J connectivity index is 2.30. The molecule has 1 aromatic carbocycles. The highest BCUT2D eigenvalue weighted by molar-refractivity contribution is 6.16. The molecule has 1 atom stereocenters. The average Bonchev–Trinajstić information content (AvgIpc) is 2.93. The van der Waals surface area contributed by atoms with Gasteiger partial charge in [0.15, 0.2) is 11.6 Å². The fourth-order valence-electron chi connectivity index (χ4n) is 3.39. The number of rotatable bonds is 2. The van der Waals surface area contributed by atoms with Crippen LogP contribution in [0.1, 0.15) is 45.0 Å². The first-order chi connectivity index (χ1) is 9.45. The van der Waals surface area contributed by atoms with Gasteiger partial charge in [0.1, 0.15) is 11.3 Å². The summed E-state index contributed by atoms with van der Waals surface area (Å²) in [5.74, 6) is -0.849. The van der Waals surface area contributed by atoms with Gasteiger partial charge in [-0.1, -0.05) is 20.3 Å². The number of hydrogen-bond donors (Lipinski definition) is 0. The molecular weight excluding hydrogens is 282 g/mol. The highest BCUT2D eigenvalue weighted by atomic mass is 35.5. The molecule has 3 rings (SSSR count). The molecule has 0 spiro atoms. The van der Waals surface area contributed by atoms with Crippen LogP contribution in [0, 0.1) is 17.0 Å². The summed E-state index contributed by atoms with van der Waals surface area (Å²) in [5, 5.41) is 0. The Morgan fingerprint density at radius 2 is 2.15 bits per heavy atom. The van der Waals surface area contributed by atoms with Crippen LogP contribution >= 0.6 is 11.6 Å². The zero-order valence-electron chi connectivity index (χ0n) is 11.6. The van der Waals surface area contributed by atoms with Crippen LogP contribution in [-0.4, -0.2) is 9.55 Å². The van der Waals surface area contributed by atoms with Gasteiger partial charge < -0.3 is 4.57 Å². The molecular formula is C15H17ClF2N2. The second-order valence-corrected chi connectivity index (χ2v) is 6.42. The van der Waals surface area contributed by atoms with Crippen molar-refractivity contribution < 1.29 is 8.78 Å². The van der Waals surface area contributed by atoms with Crippen LogP contribution in [0.15, 0.2) is 12.1 Å². The molecule has 1 aromatic heterocycles. The summed E-state index contributed by atoms with van der Waals surface area (Å²) in [6.07, 6.45) is 3.09. The van der Waals surface area contributed by atoms with Crippen LogP contribution in [-0.2, 0) is 5.88 Å². The van der Waals surface area contributed by atoms with Gasteiger partial charge in [0.25, 0.3) is 0 Å². The van der Waals surface area contributed by atoms with E-state index in [-0.39, 0.29) is 22.9 Å². The molecule has 2 nitrogen and oxygen atoms in total. The minimum atomic E-state index is -0.837. The summed E-state index contributed by atoms with van der Waals surface area (Å²) >= 11 is 5.97. The monoisotopic (exact) mass is 298 g/mol. The largest absolute Gasteiger partial charge is 0.321 e. The van der Waals surface area contributed by atoms with Crippen molar-refractivity contribution in [1.29, 1.82) is 0 Å². The molecule has 108 valence electrons. The van der Waals surface area contributed by atoms with Gasteiger partial charge in [-0.25, -0.2) is 13.8 Å². The molecule has 1 fully saturated rings. The van der Waals surface area contributed by atoms with Crippen LogP contribution in [0.25, 0.3) is 11.0 Å². The molecule has 0 amide bonds. The van der Waals surface area contributed by atoms with Crippen molar-refractivity contribution in [1.82, 2.24) is 9.55 Å². The number of hydrogen-bond acceptors (Lipinski definition) is 1. The second kappa shape index (κ2) is 4.69. The van der Waals surface area contributed by atoms with Gasteiger partial charge in [-0.2, -0.15) is 0 Å². The average molecular weight is 299 g/mol. The van der Waals surface area contributed by atoms with Crippen LogP contribution in [0.5, 0.6) is 0 Å². The molecule has 0 saturated heterocycles. The van der Waals surface area contributed by atoms with Crippen molar-refractivity contribution in [3.63, 3.8) is 0 Å². The van der Waals surface area contributed by atoms with E-state index in [1.165, 1.54) is 6.07 Å². The molecule has 0 radical (unpaired) electrons. The molecule has 1 saturated carbocycles. The van der Waals surface area contributed by atoms with E-state index in [0.717, 1.165) is 25.3 Å². The first-order valence-electron chi connectivity index (χ1n) is 6.86. The quantitative estimate of drug-likeness (QED) is 0.728.